The van der Waals surface area contributed by atoms with Gasteiger partial charge in [-0.15, -0.1) is 0 Å². The molecule has 0 aliphatic heterocycles. The zero-order chi connectivity index (χ0) is 18.2. The number of hydrogen-bond acceptors (Lipinski definition) is 6. The summed E-state index contributed by atoms with van der Waals surface area (Å²) in [4.78, 5) is 15.7. The predicted octanol–water partition coefficient (Wildman–Crippen LogP) is 1.72. The van der Waals surface area contributed by atoms with Crippen LogP contribution >= 0.6 is 0 Å². The molecule has 7 heteroatoms. The summed E-state index contributed by atoms with van der Waals surface area (Å²) in [5.41, 5.74) is 2.03. The van der Waals surface area contributed by atoms with Crippen LogP contribution in [0.2, 0.25) is 0 Å². The van der Waals surface area contributed by atoms with Gasteiger partial charge in [0.2, 0.25) is 5.88 Å². The number of rotatable bonds is 7. The lowest BCUT2D eigenvalue weighted by Gasteiger charge is -2.19. The monoisotopic (exact) mass is 346 g/mol. The largest absolute Gasteiger partial charge is 0.481 e. The van der Waals surface area contributed by atoms with Crippen molar-refractivity contribution in [1.29, 1.82) is 0 Å². The first kappa shape index (κ1) is 18.7. The van der Waals surface area contributed by atoms with E-state index in [2.05, 4.69) is 10.3 Å². The minimum atomic E-state index is -1.20. The van der Waals surface area contributed by atoms with Crippen LogP contribution in [0.1, 0.15) is 22.8 Å². The predicted molar refractivity (Wildman–Crippen MR) is 91.1 cm³/mol. The van der Waals surface area contributed by atoms with E-state index in [-0.39, 0.29) is 13.2 Å². The lowest BCUT2D eigenvalue weighted by atomic mass is 10.0. The summed E-state index contributed by atoms with van der Waals surface area (Å²) in [5.74, 6) is 0.452. The molecular formula is C18H22N2O5. The number of pyridine rings is 1. The average molecular weight is 346 g/mol. The number of nitrogens with one attached hydrogen (secondary N) is 1. The molecule has 0 saturated heterocycles. The summed E-state index contributed by atoms with van der Waals surface area (Å²) in [6, 6.07) is 10.9. The van der Waals surface area contributed by atoms with Crippen molar-refractivity contribution in [2.75, 3.05) is 13.7 Å². The molecule has 0 fully saturated rings. The van der Waals surface area contributed by atoms with E-state index in [9.17, 15) is 15.0 Å². The van der Waals surface area contributed by atoms with Gasteiger partial charge < -0.3 is 25.0 Å². The second-order valence-electron chi connectivity index (χ2n) is 5.55. The SMILES string of the molecule is COc1ncc(C(O)C(O)CNC(=O)OCc2ccccc2)cc1C. The van der Waals surface area contributed by atoms with Gasteiger partial charge in [-0.25, -0.2) is 9.78 Å². The van der Waals surface area contributed by atoms with Crippen molar-refractivity contribution in [3.63, 3.8) is 0 Å². The topological polar surface area (TPSA) is 101 Å². The normalized spacial score (nSPS) is 13.0. The summed E-state index contributed by atoms with van der Waals surface area (Å²) in [7, 11) is 1.51. The Bertz CT molecular complexity index is 693. The number of aliphatic hydroxyl groups is 2. The van der Waals surface area contributed by atoms with E-state index in [1.165, 1.54) is 13.3 Å². The van der Waals surface area contributed by atoms with E-state index in [0.29, 0.717) is 11.4 Å². The first-order chi connectivity index (χ1) is 12.0. The Hall–Kier alpha value is -2.64. The lowest BCUT2D eigenvalue weighted by molar-refractivity contribution is 0.0181. The molecule has 1 aromatic carbocycles. The van der Waals surface area contributed by atoms with E-state index in [1.54, 1.807) is 13.0 Å². The number of aromatic nitrogens is 1. The Morgan fingerprint density at radius 1 is 1.28 bits per heavy atom. The highest BCUT2D eigenvalue weighted by Gasteiger charge is 2.20. The maximum absolute atomic E-state index is 11.7. The molecule has 0 aliphatic rings. The molecule has 1 amide bonds. The van der Waals surface area contributed by atoms with E-state index in [4.69, 9.17) is 9.47 Å². The first-order valence-electron chi connectivity index (χ1n) is 7.82. The zero-order valence-electron chi connectivity index (χ0n) is 14.2. The second kappa shape index (κ2) is 9.00. The van der Waals surface area contributed by atoms with Crippen molar-refractivity contribution in [3.8, 4) is 5.88 Å². The van der Waals surface area contributed by atoms with Gasteiger partial charge >= 0.3 is 6.09 Å². The van der Waals surface area contributed by atoms with Gasteiger partial charge in [-0.3, -0.25) is 0 Å². The van der Waals surface area contributed by atoms with Crippen LogP contribution in [0.25, 0.3) is 0 Å². The van der Waals surface area contributed by atoms with Gasteiger partial charge in [0, 0.05) is 23.9 Å². The van der Waals surface area contributed by atoms with Gasteiger partial charge in [-0.05, 0) is 18.6 Å². The van der Waals surface area contributed by atoms with E-state index < -0.39 is 18.3 Å². The number of carbonyl (C=O) groups is 1. The van der Waals surface area contributed by atoms with Crippen molar-refractivity contribution in [3.05, 3.63) is 59.3 Å². The van der Waals surface area contributed by atoms with Gasteiger partial charge in [0.25, 0.3) is 0 Å². The van der Waals surface area contributed by atoms with Gasteiger partial charge in [-0.1, -0.05) is 30.3 Å². The highest BCUT2D eigenvalue weighted by molar-refractivity contribution is 5.67. The van der Waals surface area contributed by atoms with Crippen LogP contribution in [0, 0.1) is 6.92 Å². The van der Waals surface area contributed by atoms with Gasteiger partial charge in [-0.2, -0.15) is 0 Å². The van der Waals surface area contributed by atoms with Crippen molar-refractivity contribution in [2.24, 2.45) is 0 Å². The molecule has 2 unspecified atom stereocenters. The average Bonchev–Trinajstić information content (AvgIpc) is 2.64. The van der Waals surface area contributed by atoms with E-state index >= 15 is 0 Å². The number of nitrogens with zero attached hydrogens (tertiary/aromatic N) is 1. The number of ether oxygens (including phenoxy) is 2. The molecular weight excluding hydrogens is 324 g/mol. The van der Waals surface area contributed by atoms with Crippen LogP contribution in [0.15, 0.2) is 42.6 Å². The van der Waals surface area contributed by atoms with Crippen molar-refractivity contribution < 1.29 is 24.5 Å². The quantitative estimate of drug-likeness (QED) is 0.706. The number of methoxy groups -OCH3 is 1. The van der Waals surface area contributed by atoms with Gasteiger partial charge in [0.1, 0.15) is 18.8 Å². The van der Waals surface area contributed by atoms with Crippen LogP contribution in [-0.4, -0.2) is 41.0 Å². The standard InChI is InChI=1S/C18H22N2O5/c1-12-8-14(9-19-17(12)24-2)16(22)15(21)10-20-18(23)25-11-13-6-4-3-5-7-13/h3-9,15-16,21-22H,10-11H2,1-2H3,(H,20,23). The Morgan fingerprint density at radius 2 is 2.00 bits per heavy atom. The van der Waals surface area contributed by atoms with Crippen LogP contribution in [0.5, 0.6) is 5.88 Å². The zero-order valence-corrected chi connectivity index (χ0v) is 14.2. The minimum Gasteiger partial charge on any atom is -0.481 e. The van der Waals surface area contributed by atoms with E-state index in [1.807, 2.05) is 30.3 Å². The molecule has 1 aromatic heterocycles. The highest BCUT2D eigenvalue weighted by atomic mass is 16.5. The number of alkyl carbamates (subject to hydrolysis) is 1. The van der Waals surface area contributed by atoms with Gasteiger partial charge in [0.05, 0.1) is 7.11 Å². The van der Waals surface area contributed by atoms with Crippen molar-refractivity contribution in [2.45, 2.75) is 25.7 Å². The summed E-state index contributed by atoms with van der Waals surface area (Å²) >= 11 is 0. The number of benzene rings is 1. The minimum absolute atomic E-state index is 0.132. The Balaban J connectivity index is 1.81. The molecule has 25 heavy (non-hydrogen) atoms. The van der Waals surface area contributed by atoms with Crippen LogP contribution in [-0.2, 0) is 11.3 Å². The van der Waals surface area contributed by atoms with Crippen LogP contribution in [0.3, 0.4) is 0 Å². The maximum Gasteiger partial charge on any atom is 0.407 e. The fourth-order valence-electron chi connectivity index (χ4n) is 2.26. The summed E-state index contributed by atoms with van der Waals surface area (Å²) in [6.07, 6.45) is -1.63. The molecule has 2 atom stereocenters. The molecule has 3 N–H and O–H groups in total. The fraction of sp³-hybridized carbons (Fsp3) is 0.333. The Morgan fingerprint density at radius 3 is 2.64 bits per heavy atom. The molecule has 0 aliphatic carbocycles. The third kappa shape index (κ3) is 5.44. The Labute approximate surface area is 146 Å². The highest BCUT2D eigenvalue weighted by Crippen LogP contribution is 2.21. The Kier molecular flexibility index (Phi) is 6.73. The summed E-state index contributed by atoms with van der Waals surface area (Å²) in [6.45, 7) is 1.76. The molecule has 1 heterocycles. The van der Waals surface area contributed by atoms with Crippen LogP contribution in [0.4, 0.5) is 4.79 Å². The smallest absolute Gasteiger partial charge is 0.407 e. The van der Waals surface area contributed by atoms with Gasteiger partial charge in [0.15, 0.2) is 0 Å². The molecule has 0 saturated carbocycles. The maximum atomic E-state index is 11.7. The molecule has 2 rings (SSSR count). The molecule has 0 radical (unpaired) electrons. The number of carbonyl (C=O) groups excluding carboxylic acids is 1. The fourth-order valence-corrected chi connectivity index (χ4v) is 2.26. The lowest BCUT2D eigenvalue weighted by Crippen LogP contribution is -2.35. The molecule has 0 spiro atoms. The summed E-state index contributed by atoms with van der Waals surface area (Å²) in [5, 5.41) is 22.6. The van der Waals surface area contributed by atoms with Crippen LogP contribution < -0.4 is 10.1 Å². The number of aliphatic hydroxyl groups excluding tert-OH is 2. The summed E-state index contributed by atoms with van der Waals surface area (Å²) < 4.78 is 10.1. The molecule has 134 valence electrons. The van der Waals surface area contributed by atoms with E-state index in [0.717, 1.165) is 11.1 Å². The first-order valence-corrected chi connectivity index (χ1v) is 7.82. The molecule has 2 aromatic rings. The third-order valence-electron chi connectivity index (χ3n) is 3.62. The van der Waals surface area contributed by atoms with Crippen molar-refractivity contribution >= 4 is 6.09 Å². The van der Waals surface area contributed by atoms with Crippen molar-refractivity contribution in [1.82, 2.24) is 10.3 Å². The number of hydrogen-bond donors (Lipinski definition) is 3. The third-order valence-corrected chi connectivity index (χ3v) is 3.62. The second-order valence-corrected chi connectivity index (χ2v) is 5.55. The molecule has 7 nitrogen and oxygen atoms in total. The number of aryl methyl sites for hydroxylation is 1. The molecule has 0 bridgehead atoms. The number of amides is 1.